The molecule has 234 valence electrons. The Morgan fingerprint density at radius 3 is 2.14 bits per heavy atom. The van der Waals surface area contributed by atoms with Gasteiger partial charge in [-0.3, -0.25) is 4.79 Å². The third kappa shape index (κ3) is 8.19. The highest BCUT2D eigenvalue weighted by Crippen LogP contribution is 2.32. The number of aliphatic carboxylic acids is 1. The summed E-state index contributed by atoms with van der Waals surface area (Å²) in [6.45, 7) is 0.114. The van der Waals surface area contributed by atoms with Crippen molar-refractivity contribution in [3.8, 4) is 16.8 Å². The average Bonchev–Trinajstić information content (AvgIpc) is 3.40. The number of nitrogens with zero attached hydrogens (tertiary/aromatic N) is 2. The first kappa shape index (κ1) is 33.7. The molecule has 4 N–H and O–H groups in total. The number of carbonyl (C=O) groups excluding carboxylic acids is 1. The molecule has 0 aliphatic carbocycles. The normalized spacial score (nSPS) is 11.8. The predicted molar refractivity (Wildman–Crippen MR) is 143 cm³/mol. The summed E-state index contributed by atoms with van der Waals surface area (Å²) >= 11 is 0. The Bertz CT molecular complexity index is 1800. The predicted octanol–water partition coefficient (Wildman–Crippen LogP) is 5.45. The molecule has 1 amide bonds. The van der Waals surface area contributed by atoms with Gasteiger partial charge in [-0.1, -0.05) is 36.4 Å². The molecule has 0 fully saturated rings. The fourth-order valence-corrected chi connectivity index (χ4v) is 4.60. The second-order valence-corrected chi connectivity index (χ2v) is 10.9. The third-order valence-corrected chi connectivity index (χ3v) is 6.84. The number of benzene rings is 3. The maximum atomic E-state index is 15.0. The van der Waals surface area contributed by atoms with Crippen molar-refractivity contribution < 1.29 is 53.8 Å². The van der Waals surface area contributed by atoms with Crippen molar-refractivity contribution in [2.24, 2.45) is 5.73 Å². The fourth-order valence-electron chi connectivity index (χ4n) is 3.69. The molecule has 44 heavy (non-hydrogen) atoms. The number of alkyl halides is 6. The van der Waals surface area contributed by atoms with Crippen LogP contribution in [0.1, 0.15) is 21.7 Å². The smallest absolute Gasteiger partial charge is 0.475 e. The van der Waals surface area contributed by atoms with Gasteiger partial charge in [0.1, 0.15) is 11.5 Å². The van der Waals surface area contributed by atoms with E-state index in [1.165, 1.54) is 42.5 Å². The second-order valence-electron chi connectivity index (χ2n) is 8.92. The molecule has 0 unspecified atom stereocenters. The minimum atomic E-state index is -5.08. The van der Waals surface area contributed by atoms with Crippen LogP contribution in [-0.2, 0) is 27.4 Å². The lowest BCUT2D eigenvalue weighted by Gasteiger charge is -2.12. The first-order chi connectivity index (χ1) is 20.3. The van der Waals surface area contributed by atoms with Crippen LogP contribution in [-0.4, -0.2) is 47.6 Å². The summed E-state index contributed by atoms with van der Waals surface area (Å²) < 4.78 is 112. The zero-order valence-electron chi connectivity index (χ0n) is 22.2. The van der Waals surface area contributed by atoms with E-state index >= 15 is 0 Å². The van der Waals surface area contributed by atoms with Gasteiger partial charge in [0.05, 0.1) is 16.3 Å². The quantitative estimate of drug-likeness (QED) is 0.237. The zero-order valence-corrected chi connectivity index (χ0v) is 23.1. The molecule has 0 radical (unpaired) electrons. The van der Waals surface area contributed by atoms with E-state index in [-0.39, 0.29) is 33.9 Å². The summed E-state index contributed by atoms with van der Waals surface area (Å²) in [5.41, 5.74) is 4.77. The Morgan fingerprint density at radius 2 is 1.59 bits per heavy atom. The number of halogens is 7. The van der Waals surface area contributed by atoms with Gasteiger partial charge in [-0.2, -0.15) is 31.4 Å². The van der Waals surface area contributed by atoms with Gasteiger partial charge in [-0.05, 0) is 41.5 Å². The molecule has 0 saturated heterocycles. The van der Waals surface area contributed by atoms with Crippen LogP contribution in [0.25, 0.3) is 16.8 Å². The van der Waals surface area contributed by atoms with Crippen molar-refractivity contribution in [1.82, 2.24) is 9.78 Å². The van der Waals surface area contributed by atoms with Crippen LogP contribution < -0.4 is 11.1 Å². The molecule has 0 bridgehead atoms. The van der Waals surface area contributed by atoms with Crippen LogP contribution in [0.15, 0.2) is 77.7 Å². The molecule has 1 heterocycles. The molecule has 0 aliphatic heterocycles. The Kier molecular flexibility index (Phi) is 9.85. The molecule has 3 aromatic carbocycles. The molecule has 4 aromatic rings. The Hall–Kier alpha value is -4.77. The van der Waals surface area contributed by atoms with Gasteiger partial charge < -0.3 is 16.2 Å². The zero-order chi connectivity index (χ0) is 33.0. The lowest BCUT2D eigenvalue weighted by atomic mass is 10.0. The van der Waals surface area contributed by atoms with Crippen molar-refractivity contribution in [3.05, 3.63) is 95.6 Å². The number of hydrogen-bond acceptors (Lipinski definition) is 6. The number of amides is 1. The van der Waals surface area contributed by atoms with Crippen LogP contribution in [0, 0.1) is 5.82 Å². The molecule has 4 rings (SSSR count). The standard InChI is InChI=1S/C25H20F4N4O3S.C2HF3O2/c1-37(35,36)22-8-3-2-7-18(22)16-9-10-20(19(26)12-16)31-24(34)21-13-23(25(27,28)29)32-33(21)17-6-4-5-15(11-17)14-30;3-2(4,5)1(6)7/h2-13H,14,30H2,1H3,(H,31,34);(H,6,7). The summed E-state index contributed by atoms with van der Waals surface area (Å²) in [4.78, 5) is 21.9. The number of nitrogens with two attached hydrogens (primary N) is 1. The third-order valence-electron chi connectivity index (χ3n) is 5.68. The highest BCUT2D eigenvalue weighted by molar-refractivity contribution is 7.90. The van der Waals surface area contributed by atoms with E-state index < -0.39 is 51.3 Å². The van der Waals surface area contributed by atoms with Crippen LogP contribution in [0.5, 0.6) is 0 Å². The van der Waals surface area contributed by atoms with E-state index in [1.807, 2.05) is 0 Å². The van der Waals surface area contributed by atoms with E-state index in [0.717, 1.165) is 17.0 Å². The van der Waals surface area contributed by atoms with E-state index in [0.29, 0.717) is 11.6 Å². The molecular weight excluding hydrogens is 625 g/mol. The number of sulfone groups is 1. The van der Waals surface area contributed by atoms with Gasteiger partial charge in [0.25, 0.3) is 5.91 Å². The maximum absolute atomic E-state index is 15.0. The second kappa shape index (κ2) is 12.8. The SMILES string of the molecule is CS(=O)(=O)c1ccccc1-c1ccc(NC(=O)c2cc(C(F)(F)F)nn2-c2cccc(CN)c2)c(F)c1.O=C(O)C(F)(F)F. The first-order valence-corrected chi connectivity index (χ1v) is 13.9. The van der Waals surface area contributed by atoms with Crippen molar-refractivity contribution in [2.75, 3.05) is 11.6 Å². The molecule has 0 atom stereocenters. The van der Waals surface area contributed by atoms with E-state index in [4.69, 9.17) is 15.6 Å². The summed E-state index contributed by atoms with van der Waals surface area (Å²) in [7, 11) is -3.61. The molecule has 9 nitrogen and oxygen atoms in total. The van der Waals surface area contributed by atoms with Crippen molar-refractivity contribution >= 4 is 27.4 Å². The first-order valence-electron chi connectivity index (χ1n) is 12.0. The van der Waals surface area contributed by atoms with Crippen LogP contribution in [0.2, 0.25) is 0 Å². The lowest BCUT2D eigenvalue weighted by molar-refractivity contribution is -0.192. The Labute approximate surface area is 244 Å². The minimum absolute atomic E-state index is 0.00511. The van der Waals surface area contributed by atoms with Crippen molar-refractivity contribution in [2.45, 2.75) is 23.8 Å². The number of rotatable bonds is 6. The molecule has 0 aliphatic rings. The highest BCUT2D eigenvalue weighted by atomic mass is 32.2. The maximum Gasteiger partial charge on any atom is 0.490 e. The monoisotopic (exact) mass is 646 g/mol. The average molecular weight is 647 g/mol. The topological polar surface area (TPSA) is 144 Å². The molecule has 17 heteroatoms. The molecule has 0 saturated carbocycles. The van der Waals surface area contributed by atoms with Crippen LogP contribution in [0.4, 0.5) is 36.4 Å². The molecular formula is C27H21F7N4O5S. The number of anilines is 1. The summed E-state index contributed by atoms with van der Waals surface area (Å²) in [5, 5.41) is 12.9. The van der Waals surface area contributed by atoms with E-state index in [9.17, 15) is 43.9 Å². The number of carboxylic acids is 1. The summed E-state index contributed by atoms with van der Waals surface area (Å²) in [6.07, 6.45) is -8.88. The van der Waals surface area contributed by atoms with Gasteiger partial charge >= 0.3 is 18.3 Å². The van der Waals surface area contributed by atoms with Gasteiger partial charge in [0.2, 0.25) is 0 Å². The number of carboxylic acid groups (broad SMARTS) is 1. The largest absolute Gasteiger partial charge is 0.490 e. The number of hydrogen-bond donors (Lipinski definition) is 3. The van der Waals surface area contributed by atoms with Crippen LogP contribution >= 0.6 is 0 Å². The lowest BCUT2D eigenvalue weighted by Crippen LogP contribution is -2.21. The van der Waals surface area contributed by atoms with Gasteiger partial charge in [-0.15, -0.1) is 0 Å². The number of carbonyl (C=O) groups is 2. The highest BCUT2D eigenvalue weighted by Gasteiger charge is 2.38. The van der Waals surface area contributed by atoms with Crippen molar-refractivity contribution in [1.29, 1.82) is 0 Å². The molecule has 0 spiro atoms. The minimum Gasteiger partial charge on any atom is -0.475 e. The van der Waals surface area contributed by atoms with E-state index in [2.05, 4.69) is 10.4 Å². The van der Waals surface area contributed by atoms with Gasteiger partial charge in [0.15, 0.2) is 15.5 Å². The van der Waals surface area contributed by atoms with E-state index in [1.54, 1.807) is 18.2 Å². The molecule has 1 aromatic heterocycles. The van der Waals surface area contributed by atoms with Crippen molar-refractivity contribution in [3.63, 3.8) is 0 Å². The van der Waals surface area contributed by atoms with Crippen LogP contribution in [0.3, 0.4) is 0 Å². The van der Waals surface area contributed by atoms with Gasteiger partial charge in [0, 0.05) is 24.4 Å². The summed E-state index contributed by atoms with van der Waals surface area (Å²) in [5.74, 6) is -4.71. The fraction of sp³-hybridized carbons (Fsp3) is 0.148. The number of nitrogens with one attached hydrogen (secondary N) is 1. The Morgan fingerprint density at radius 1 is 0.955 bits per heavy atom. The van der Waals surface area contributed by atoms with Gasteiger partial charge in [-0.25, -0.2) is 22.3 Å². The Balaban J connectivity index is 0.000000676. The number of aromatic nitrogens is 2. The summed E-state index contributed by atoms with van der Waals surface area (Å²) in [6, 6.07) is 16.4.